The Kier molecular flexibility index (Phi) is 6.25. The number of methoxy groups -OCH3 is 1. The highest BCUT2D eigenvalue weighted by molar-refractivity contribution is 9.10. The first-order valence-corrected chi connectivity index (χ1v) is 6.11. The van der Waals surface area contributed by atoms with Crippen LogP contribution in [0.1, 0.15) is 5.56 Å². The van der Waals surface area contributed by atoms with Crippen LogP contribution in [0, 0.1) is 0 Å². The number of ether oxygens (including phenoxy) is 1. The molecule has 0 aromatic heterocycles. The Balaban J connectivity index is 2.41. The standard InChI is InChI=1S/C11H15BrClNO/c1-15-8-11(6-13)14-7-9-3-2-4-10(12)5-9/h2-5,11,14H,6-8H2,1H3. The lowest BCUT2D eigenvalue weighted by atomic mass is 10.2. The first-order valence-electron chi connectivity index (χ1n) is 4.79. The predicted molar refractivity (Wildman–Crippen MR) is 67.4 cm³/mol. The van der Waals surface area contributed by atoms with Gasteiger partial charge in [-0.1, -0.05) is 28.1 Å². The van der Waals surface area contributed by atoms with Crippen molar-refractivity contribution in [3.8, 4) is 0 Å². The largest absolute Gasteiger partial charge is 0.383 e. The second-order valence-corrected chi connectivity index (χ2v) is 4.54. The third-order valence-corrected chi connectivity index (χ3v) is 2.90. The van der Waals surface area contributed by atoms with Gasteiger partial charge in [-0.2, -0.15) is 0 Å². The van der Waals surface area contributed by atoms with Crippen LogP contribution in [0.15, 0.2) is 28.7 Å². The molecule has 4 heteroatoms. The fourth-order valence-electron chi connectivity index (χ4n) is 1.27. The smallest absolute Gasteiger partial charge is 0.0627 e. The molecule has 0 fully saturated rings. The average Bonchev–Trinajstić information content (AvgIpc) is 2.24. The van der Waals surface area contributed by atoms with Crippen LogP contribution in [0.5, 0.6) is 0 Å². The average molecular weight is 293 g/mol. The second-order valence-electron chi connectivity index (χ2n) is 3.32. The molecule has 1 N–H and O–H groups in total. The van der Waals surface area contributed by atoms with Crippen LogP contribution < -0.4 is 5.32 Å². The Labute approximate surface area is 104 Å². The fraction of sp³-hybridized carbons (Fsp3) is 0.455. The van der Waals surface area contributed by atoms with Gasteiger partial charge in [-0.25, -0.2) is 0 Å². The van der Waals surface area contributed by atoms with E-state index in [-0.39, 0.29) is 6.04 Å². The summed E-state index contributed by atoms with van der Waals surface area (Å²) in [7, 11) is 1.68. The lowest BCUT2D eigenvalue weighted by molar-refractivity contribution is 0.172. The molecule has 15 heavy (non-hydrogen) atoms. The van der Waals surface area contributed by atoms with Crippen LogP contribution in [0.4, 0.5) is 0 Å². The summed E-state index contributed by atoms with van der Waals surface area (Å²) in [5.74, 6) is 0.557. The molecule has 0 aliphatic heterocycles. The molecule has 1 aromatic rings. The third-order valence-electron chi connectivity index (χ3n) is 2.04. The number of hydrogen-bond donors (Lipinski definition) is 1. The van der Waals surface area contributed by atoms with Gasteiger partial charge in [0.25, 0.3) is 0 Å². The van der Waals surface area contributed by atoms with E-state index in [2.05, 4.69) is 33.4 Å². The highest BCUT2D eigenvalue weighted by Gasteiger charge is 2.05. The Bertz CT molecular complexity index is 296. The first-order chi connectivity index (χ1) is 7.26. The highest BCUT2D eigenvalue weighted by atomic mass is 79.9. The van der Waals surface area contributed by atoms with E-state index in [0.29, 0.717) is 12.5 Å². The van der Waals surface area contributed by atoms with Gasteiger partial charge in [0.2, 0.25) is 0 Å². The van der Waals surface area contributed by atoms with Crippen molar-refractivity contribution in [3.05, 3.63) is 34.3 Å². The Hall–Kier alpha value is -0.0900. The van der Waals surface area contributed by atoms with Crippen molar-refractivity contribution in [2.45, 2.75) is 12.6 Å². The van der Waals surface area contributed by atoms with E-state index < -0.39 is 0 Å². The van der Waals surface area contributed by atoms with Crippen molar-refractivity contribution >= 4 is 27.5 Å². The van der Waals surface area contributed by atoms with E-state index >= 15 is 0 Å². The molecule has 0 spiro atoms. The van der Waals surface area contributed by atoms with Crippen LogP contribution in [-0.2, 0) is 11.3 Å². The van der Waals surface area contributed by atoms with Crippen molar-refractivity contribution in [1.82, 2.24) is 5.32 Å². The second kappa shape index (κ2) is 7.23. The first kappa shape index (κ1) is 13.0. The molecule has 0 heterocycles. The summed E-state index contributed by atoms with van der Waals surface area (Å²) in [6.07, 6.45) is 0. The van der Waals surface area contributed by atoms with E-state index in [9.17, 15) is 0 Å². The van der Waals surface area contributed by atoms with Crippen LogP contribution >= 0.6 is 27.5 Å². The topological polar surface area (TPSA) is 21.3 Å². The van der Waals surface area contributed by atoms with Crippen molar-refractivity contribution in [2.75, 3.05) is 19.6 Å². The van der Waals surface area contributed by atoms with Crippen LogP contribution in [0.3, 0.4) is 0 Å². The summed E-state index contributed by atoms with van der Waals surface area (Å²) >= 11 is 9.23. The minimum atomic E-state index is 0.204. The molecular formula is C11H15BrClNO. The molecule has 1 atom stereocenters. The molecule has 0 aliphatic carbocycles. The molecule has 0 bridgehead atoms. The number of rotatable bonds is 6. The van der Waals surface area contributed by atoms with Gasteiger partial charge in [0.1, 0.15) is 0 Å². The molecule has 1 unspecified atom stereocenters. The lowest BCUT2D eigenvalue weighted by Gasteiger charge is -2.14. The number of nitrogens with one attached hydrogen (secondary N) is 1. The summed E-state index contributed by atoms with van der Waals surface area (Å²) in [5, 5.41) is 3.34. The predicted octanol–water partition coefficient (Wildman–Crippen LogP) is 2.79. The number of hydrogen-bond acceptors (Lipinski definition) is 2. The van der Waals surface area contributed by atoms with Gasteiger partial charge in [-0.05, 0) is 17.7 Å². The van der Waals surface area contributed by atoms with E-state index in [1.165, 1.54) is 5.56 Å². The van der Waals surface area contributed by atoms with Crippen molar-refractivity contribution < 1.29 is 4.74 Å². The van der Waals surface area contributed by atoms with Gasteiger partial charge in [-0.15, -0.1) is 11.6 Å². The maximum Gasteiger partial charge on any atom is 0.0627 e. The Morgan fingerprint density at radius 1 is 1.53 bits per heavy atom. The summed E-state index contributed by atoms with van der Waals surface area (Å²) in [6.45, 7) is 1.44. The molecule has 2 nitrogen and oxygen atoms in total. The molecule has 1 rings (SSSR count). The van der Waals surface area contributed by atoms with Crippen molar-refractivity contribution in [2.24, 2.45) is 0 Å². The minimum Gasteiger partial charge on any atom is -0.383 e. The molecule has 1 aromatic carbocycles. The number of benzene rings is 1. The van der Waals surface area contributed by atoms with Gasteiger partial charge < -0.3 is 10.1 Å². The van der Waals surface area contributed by atoms with Crippen LogP contribution in [-0.4, -0.2) is 25.6 Å². The quantitative estimate of drug-likeness (QED) is 0.814. The Morgan fingerprint density at radius 3 is 2.93 bits per heavy atom. The summed E-state index contributed by atoms with van der Waals surface area (Å²) in [6, 6.07) is 8.40. The number of alkyl halides is 1. The van der Waals surface area contributed by atoms with E-state index in [1.807, 2.05) is 12.1 Å². The monoisotopic (exact) mass is 291 g/mol. The van der Waals surface area contributed by atoms with Crippen LogP contribution in [0.25, 0.3) is 0 Å². The maximum absolute atomic E-state index is 5.79. The Morgan fingerprint density at radius 2 is 2.33 bits per heavy atom. The number of halogens is 2. The molecule has 84 valence electrons. The maximum atomic E-state index is 5.79. The molecule has 0 saturated heterocycles. The van der Waals surface area contributed by atoms with Crippen molar-refractivity contribution in [1.29, 1.82) is 0 Å². The van der Waals surface area contributed by atoms with Crippen molar-refractivity contribution in [3.63, 3.8) is 0 Å². The molecule has 0 amide bonds. The van der Waals surface area contributed by atoms with Gasteiger partial charge in [0.15, 0.2) is 0 Å². The van der Waals surface area contributed by atoms with Crippen LogP contribution in [0.2, 0.25) is 0 Å². The highest BCUT2D eigenvalue weighted by Crippen LogP contribution is 2.11. The summed E-state index contributed by atoms with van der Waals surface area (Å²) in [5.41, 5.74) is 1.23. The molecule has 0 aliphatic rings. The van der Waals surface area contributed by atoms with E-state index in [1.54, 1.807) is 7.11 Å². The van der Waals surface area contributed by atoms with E-state index in [4.69, 9.17) is 16.3 Å². The summed E-state index contributed by atoms with van der Waals surface area (Å²) in [4.78, 5) is 0. The molecule has 0 saturated carbocycles. The van der Waals surface area contributed by atoms with Gasteiger partial charge >= 0.3 is 0 Å². The molecular weight excluding hydrogens is 277 g/mol. The summed E-state index contributed by atoms with van der Waals surface area (Å²) < 4.78 is 6.14. The normalized spacial score (nSPS) is 12.7. The molecule has 0 radical (unpaired) electrons. The third kappa shape index (κ3) is 4.98. The van der Waals surface area contributed by atoms with Gasteiger partial charge in [0, 0.05) is 30.0 Å². The SMILES string of the molecule is COCC(CCl)NCc1cccc(Br)c1. The zero-order valence-corrected chi connectivity index (χ0v) is 11.0. The van der Waals surface area contributed by atoms with E-state index in [0.717, 1.165) is 11.0 Å². The van der Waals surface area contributed by atoms with Gasteiger partial charge in [-0.3, -0.25) is 0 Å². The zero-order chi connectivity index (χ0) is 11.1. The van der Waals surface area contributed by atoms with Gasteiger partial charge in [0.05, 0.1) is 6.61 Å². The zero-order valence-electron chi connectivity index (χ0n) is 8.67. The fourth-order valence-corrected chi connectivity index (χ4v) is 1.91. The lowest BCUT2D eigenvalue weighted by Crippen LogP contribution is -2.34. The minimum absolute atomic E-state index is 0.204.